The fraction of sp³-hybridized carbons (Fsp3) is 0.182. The first-order valence-electron chi connectivity index (χ1n) is 4.67. The Bertz CT molecular complexity index is 455. The zero-order valence-corrected chi connectivity index (χ0v) is 9.92. The van der Waals surface area contributed by atoms with E-state index in [1.54, 1.807) is 24.3 Å². The van der Waals surface area contributed by atoms with Crippen LogP contribution in [0.1, 0.15) is 10.7 Å². The summed E-state index contributed by atoms with van der Waals surface area (Å²) in [4.78, 5) is 4.12. The van der Waals surface area contributed by atoms with Crippen LogP contribution in [0.5, 0.6) is 5.75 Å². The van der Waals surface area contributed by atoms with Crippen molar-refractivity contribution in [3.63, 3.8) is 0 Å². The number of aromatic nitrogens is 1. The van der Waals surface area contributed by atoms with Gasteiger partial charge in [0.2, 0.25) is 0 Å². The molecule has 1 heterocycles. The minimum atomic E-state index is -0.272. The van der Waals surface area contributed by atoms with Crippen molar-refractivity contribution in [2.24, 2.45) is 0 Å². The molecule has 5 heteroatoms. The molecule has 0 unspecified atom stereocenters. The first-order chi connectivity index (χ1) is 7.78. The molecule has 0 N–H and O–H groups in total. The van der Waals surface area contributed by atoms with E-state index in [-0.39, 0.29) is 6.61 Å². The predicted molar refractivity (Wildman–Crippen MR) is 62.3 cm³/mol. The molecule has 0 amide bonds. The van der Waals surface area contributed by atoms with Crippen molar-refractivity contribution >= 4 is 22.9 Å². The van der Waals surface area contributed by atoms with Gasteiger partial charge in [-0.3, -0.25) is 0 Å². The van der Waals surface area contributed by atoms with E-state index in [4.69, 9.17) is 16.3 Å². The zero-order valence-electron chi connectivity index (χ0n) is 8.35. The number of benzene rings is 1. The van der Waals surface area contributed by atoms with Gasteiger partial charge in [-0.15, -0.1) is 11.3 Å². The second kappa shape index (κ2) is 5.30. The molecule has 0 spiro atoms. The monoisotopic (exact) mass is 254 g/mol. The number of hydrogen-bond acceptors (Lipinski definition) is 3. The van der Waals surface area contributed by atoms with Crippen molar-refractivity contribution in [1.82, 2.24) is 4.98 Å². The highest BCUT2D eigenvalue weighted by atomic mass is 35.5. The molecule has 0 saturated heterocycles. The lowest BCUT2D eigenvalue weighted by atomic mass is 10.3. The fourth-order valence-electron chi connectivity index (χ4n) is 1.17. The van der Waals surface area contributed by atoms with Gasteiger partial charge in [-0.25, -0.2) is 10.1 Å². The van der Waals surface area contributed by atoms with E-state index in [2.05, 4.69) is 4.98 Å². The van der Waals surface area contributed by atoms with Gasteiger partial charge >= 0.3 is 0 Å². The molecular weight excluding hydrogens is 246 g/mol. The van der Waals surface area contributed by atoms with E-state index in [9.17, 15) is 5.11 Å². The predicted octanol–water partition coefficient (Wildman–Crippen LogP) is 3.31. The van der Waals surface area contributed by atoms with Crippen LogP contribution in [-0.4, -0.2) is 4.98 Å². The van der Waals surface area contributed by atoms with E-state index in [0.717, 1.165) is 11.4 Å². The van der Waals surface area contributed by atoms with Crippen LogP contribution in [0.15, 0.2) is 29.6 Å². The van der Waals surface area contributed by atoms with Crippen LogP contribution in [-0.2, 0) is 18.3 Å². The summed E-state index contributed by atoms with van der Waals surface area (Å²) < 4.78 is 5.49. The maximum absolute atomic E-state index is 10.5. The molecule has 2 aromatic rings. The number of nitrogens with zero attached hydrogens (tertiary/aromatic N) is 1. The molecule has 0 aliphatic carbocycles. The molecule has 0 atom stereocenters. The van der Waals surface area contributed by atoms with Crippen LogP contribution < -0.4 is 4.74 Å². The lowest BCUT2D eigenvalue weighted by Gasteiger charge is -2.03. The first-order valence-corrected chi connectivity index (χ1v) is 5.93. The summed E-state index contributed by atoms with van der Waals surface area (Å²) in [6.07, 6.45) is 0. The largest absolute Gasteiger partial charge is 0.487 e. The first kappa shape index (κ1) is 11.4. The highest BCUT2D eigenvalue weighted by molar-refractivity contribution is 7.09. The Kier molecular flexibility index (Phi) is 3.77. The standard InChI is InChI=1S/C11H9ClNO2S/c12-8-1-3-10(4-2-8)15-6-9-7-16-11(5-14)13-9/h1-4,7H,5-6H2. The molecule has 0 bridgehead atoms. The van der Waals surface area contributed by atoms with E-state index in [0.29, 0.717) is 16.6 Å². The van der Waals surface area contributed by atoms with Gasteiger partial charge in [0.25, 0.3) is 0 Å². The molecule has 3 nitrogen and oxygen atoms in total. The van der Waals surface area contributed by atoms with Crippen LogP contribution in [0.25, 0.3) is 0 Å². The van der Waals surface area contributed by atoms with Gasteiger partial charge in [-0.05, 0) is 24.3 Å². The van der Waals surface area contributed by atoms with Gasteiger partial charge in [-0.1, -0.05) is 11.6 Å². The van der Waals surface area contributed by atoms with Crippen molar-refractivity contribution in [3.05, 3.63) is 45.4 Å². The van der Waals surface area contributed by atoms with Crippen molar-refractivity contribution in [2.75, 3.05) is 0 Å². The summed E-state index contributed by atoms with van der Waals surface area (Å²) in [6.45, 7) is 0.101. The topological polar surface area (TPSA) is 42.0 Å². The third-order valence-corrected chi connectivity index (χ3v) is 3.05. The molecule has 16 heavy (non-hydrogen) atoms. The molecule has 0 aliphatic heterocycles. The van der Waals surface area contributed by atoms with Crippen LogP contribution in [0.3, 0.4) is 0 Å². The van der Waals surface area contributed by atoms with E-state index >= 15 is 0 Å². The van der Waals surface area contributed by atoms with Gasteiger partial charge in [-0.2, -0.15) is 0 Å². The van der Waals surface area contributed by atoms with E-state index < -0.39 is 0 Å². The highest BCUT2D eigenvalue weighted by Crippen LogP contribution is 2.17. The quantitative estimate of drug-likeness (QED) is 0.840. The number of thiazole rings is 1. The lowest BCUT2D eigenvalue weighted by molar-refractivity contribution is 0.177. The molecule has 83 valence electrons. The number of halogens is 1. The average Bonchev–Trinajstić information content (AvgIpc) is 2.76. The van der Waals surface area contributed by atoms with Crippen molar-refractivity contribution in [2.45, 2.75) is 13.2 Å². The molecular formula is C11H9ClNO2S. The Balaban J connectivity index is 1.94. The summed E-state index contributed by atoms with van der Waals surface area (Å²) in [7, 11) is 0. The SMILES string of the molecule is [O]Cc1nc(COc2ccc(Cl)cc2)cs1. The zero-order chi connectivity index (χ0) is 11.4. The van der Waals surface area contributed by atoms with Crippen molar-refractivity contribution < 1.29 is 9.84 Å². The number of ether oxygens (including phenoxy) is 1. The molecule has 1 aromatic carbocycles. The van der Waals surface area contributed by atoms with E-state index in [1.807, 2.05) is 5.38 Å². The summed E-state index contributed by atoms with van der Waals surface area (Å²) in [5, 5.41) is 13.7. The molecule has 0 aliphatic rings. The minimum absolute atomic E-state index is 0.272. The molecule has 1 aromatic heterocycles. The summed E-state index contributed by atoms with van der Waals surface area (Å²) in [6, 6.07) is 7.12. The third kappa shape index (κ3) is 2.95. The maximum Gasteiger partial charge on any atom is 0.134 e. The second-order valence-electron chi connectivity index (χ2n) is 3.12. The maximum atomic E-state index is 10.5. The Hall–Kier alpha value is -1.10. The molecule has 1 radical (unpaired) electrons. The van der Waals surface area contributed by atoms with Gasteiger partial charge in [0.05, 0.1) is 5.69 Å². The van der Waals surface area contributed by atoms with Crippen LogP contribution in [0, 0.1) is 0 Å². The Labute approximate surface area is 102 Å². The lowest BCUT2D eigenvalue weighted by Crippen LogP contribution is -1.95. The summed E-state index contributed by atoms with van der Waals surface area (Å²) in [5.41, 5.74) is 0.783. The highest BCUT2D eigenvalue weighted by Gasteiger charge is 2.02. The van der Waals surface area contributed by atoms with Gasteiger partial charge < -0.3 is 4.74 Å². The molecule has 0 fully saturated rings. The second-order valence-corrected chi connectivity index (χ2v) is 4.50. The van der Waals surface area contributed by atoms with Crippen molar-refractivity contribution in [3.8, 4) is 5.75 Å². The smallest absolute Gasteiger partial charge is 0.134 e. The molecule has 2 rings (SSSR count). The van der Waals surface area contributed by atoms with Gasteiger partial charge in [0.15, 0.2) is 0 Å². The average molecular weight is 255 g/mol. The Morgan fingerprint density at radius 1 is 1.31 bits per heavy atom. The fourth-order valence-corrected chi connectivity index (χ4v) is 1.93. The van der Waals surface area contributed by atoms with Crippen LogP contribution >= 0.6 is 22.9 Å². The third-order valence-electron chi connectivity index (χ3n) is 1.92. The minimum Gasteiger partial charge on any atom is -0.487 e. The Morgan fingerprint density at radius 2 is 2.06 bits per heavy atom. The number of rotatable bonds is 4. The van der Waals surface area contributed by atoms with Crippen LogP contribution in [0.4, 0.5) is 0 Å². The number of hydrogen-bond donors (Lipinski definition) is 0. The van der Waals surface area contributed by atoms with E-state index in [1.165, 1.54) is 11.3 Å². The molecule has 0 saturated carbocycles. The van der Waals surface area contributed by atoms with Crippen LogP contribution in [0.2, 0.25) is 5.02 Å². The Morgan fingerprint density at radius 3 is 2.69 bits per heavy atom. The van der Waals surface area contributed by atoms with Gasteiger partial charge in [0.1, 0.15) is 24.0 Å². The van der Waals surface area contributed by atoms with Gasteiger partial charge in [0, 0.05) is 10.4 Å². The normalized spacial score (nSPS) is 10.4. The summed E-state index contributed by atoms with van der Waals surface area (Å²) in [5.74, 6) is 0.737. The van der Waals surface area contributed by atoms with Crippen molar-refractivity contribution in [1.29, 1.82) is 0 Å². The summed E-state index contributed by atoms with van der Waals surface area (Å²) >= 11 is 7.11.